The highest BCUT2D eigenvalue weighted by Gasteiger charge is 2.33. The molecule has 0 amide bonds. The maximum absolute atomic E-state index is 13.5. The summed E-state index contributed by atoms with van der Waals surface area (Å²) in [6, 6.07) is 23.5. The number of phenols is 2. The largest absolute Gasteiger partial charge is 0.507 e. The van der Waals surface area contributed by atoms with E-state index in [9.17, 15) is 36.6 Å². The van der Waals surface area contributed by atoms with Gasteiger partial charge in [0.25, 0.3) is 0 Å². The van der Waals surface area contributed by atoms with Crippen molar-refractivity contribution in [3.63, 3.8) is 0 Å². The molecular formula is C33H19F6NO2. The molecule has 1 heterocycles. The Labute approximate surface area is 234 Å². The summed E-state index contributed by atoms with van der Waals surface area (Å²) in [5, 5.41) is 25.5. The van der Waals surface area contributed by atoms with Crippen LogP contribution in [0.2, 0.25) is 0 Å². The number of halogens is 6. The Morgan fingerprint density at radius 1 is 0.524 bits per heavy atom. The second kappa shape index (κ2) is 9.80. The summed E-state index contributed by atoms with van der Waals surface area (Å²) >= 11 is 0. The highest BCUT2D eigenvalue weighted by Crippen LogP contribution is 2.51. The Bertz CT molecular complexity index is 1850. The Balaban J connectivity index is 1.71. The van der Waals surface area contributed by atoms with Crippen LogP contribution in [0, 0.1) is 0 Å². The molecule has 0 unspecified atom stereocenters. The number of hydrogen-bond acceptors (Lipinski definition) is 3. The van der Waals surface area contributed by atoms with Crippen molar-refractivity contribution in [1.82, 2.24) is 4.98 Å². The number of rotatable bonds is 3. The van der Waals surface area contributed by atoms with Gasteiger partial charge >= 0.3 is 12.4 Å². The molecule has 0 spiro atoms. The van der Waals surface area contributed by atoms with Crippen molar-refractivity contribution in [2.75, 3.05) is 0 Å². The maximum Gasteiger partial charge on any atom is 0.433 e. The van der Waals surface area contributed by atoms with Gasteiger partial charge in [-0.05, 0) is 69.1 Å². The molecule has 0 saturated carbocycles. The van der Waals surface area contributed by atoms with Crippen molar-refractivity contribution in [3.05, 3.63) is 115 Å². The molecule has 1 aromatic heterocycles. The zero-order valence-corrected chi connectivity index (χ0v) is 21.4. The van der Waals surface area contributed by atoms with E-state index in [1.165, 1.54) is 18.2 Å². The minimum Gasteiger partial charge on any atom is -0.507 e. The van der Waals surface area contributed by atoms with E-state index in [1.807, 2.05) is 0 Å². The number of phenolic OH excluding ortho intramolecular Hbond substituents is 2. The van der Waals surface area contributed by atoms with Crippen LogP contribution < -0.4 is 0 Å². The van der Waals surface area contributed by atoms with Crippen molar-refractivity contribution in [1.29, 1.82) is 0 Å². The molecule has 210 valence electrons. The summed E-state index contributed by atoms with van der Waals surface area (Å²) in [6.07, 6.45) is -8.35. The topological polar surface area (TPSA) is 53.4 Å². The van der Waals surface area contributed by atoms with Gasteiger partial charge in [-0.1, -0.05) is 60.7 Å². The third kappa shape index (κ3) is 4.66. The zero-order chi connectivity index (χ0) is 29.8. The highest BCUT2D eigenvalue weighted by atomic mass is 19.4. The number of pyridine rings is 1. The molecule has 0 aliphatic carbocycles. The van der Waals surface area contributed by atoms with Crippen LogP contribution in [0.5, 0.6) is 11.5 Å². The van der Waals surface area contributed by atoms with Gasteiger partial charge in [0, 0.05) is 28.5 Å². The van der Waals surface area contributed by atoms with Gasteiger partial charge in [-0.15, -0.1) is 0 Å². The van der Waals surface area contributed by atoms with Gasteiger partial charge in [0.2, 0.25) is 0 Å². The smallest absolute Gasteiger partial charge is 0.433 e. The number of aromatic hydroxyl groups is 2. The van der Waals surface area contributed by atoms with Crippen LogP contribution in [-0.4, -0.2) is 15.2 Å². The average molecular weight is 576 g/mol. The minimum absolute atomic E-state index is 0.0413. The Kier molecular flexibility index (Phi) is 6.33. The number of alkyl halides is 6. The number of aromatic nitrogens is 1. The van der Waals surface area contributed by atoms with Crippen molar-refractivity contribution >= 4 is 21.5 Å². The Morgan fingerprint density at radius 2 is 1.05 bits per heavy atom. The van der Waals surface area contributed by atoms with E-state index >= 15 is 0 Å². The first kappa shape index (κ1) is 27.1. The molecule has 0 radical (unpaired) electrons. The van der Waals surface area contributed by atoms with E-state index < -0.39 is 35.1 Å². The third-order valence-corrected chi connectivity index (χ3v) is 7.16. The highest BCUT2D eigenvalue weighted by molar-refractivity contribution is 6.13. The van der Waals surface area contributed by atoms with Gasteiger partial charge in [-0.25, -0.2) is 0 Å². The molecule has 0 atom stereocenters. The number of benzene rings is 5. The molecule has 42 heavy (non-hydrogen) atoms. The van der Waals surface area contributed by atoms with Gasteiger partial charge in [-0.3, -0.25) is 4.98 Å². The first-order valence-corrected chi connectivity index (χ1v) is 12.6. The lowest BCUT2D eigenvalue weighted by atomic mass is 9.86. The number of hydrogen-bond donors (Lipinski definition) is 2. The third-order valence-electron chi connectivity index (χ3n) is 7.16. The normalized spacial score (nSPS) is 12.2. The summed E-state index contributed by atoms with van der Waals surface area (Å²) < 4.78 is 81.1. The zero-order valence-electron chi connectivity index (χ0n) is 21.4. The second-order valence-corrected chi connectivity index (χ2v) is 9.74. The molecule has 0 aliphatic heterocycles. The Hall–Kier alpha value is -5.05. The lowest BCUT2D eigenvalue weighted by Gasteiger charge is -2.20. The summed E-state index contributed by atoms with van der Waals surface area (Å²) in [5.41, 5.74) is -1.51. The summed E-state index contributed by atoms with van der Waals surface area (Å²) in [6.45, 7) is 0. The fraction of sp³-hybridized carbons (Fsp3) is 0.0606. The van der Waals surface area contributed by atoms with Crippen LogP contribution in [0.1, 0.15) is 11.3 Å². The molecule has 2 N–H and O–H groups in total. The quantitative estimate of drug-likeness (QED) is 0.207. The van der Waals surface area contributed by atoms with Crippen LogP contribution in [0.4, 0.5) is 26.3 Å². The first-order chi connectivity index (χ1) is 19.9. The molecule has 3 nitrogen and oxygen atoms in total. The molecule has 6 rings (SSSR count). The molecule has 0 bridgehead atoms. The monoisotopic (exact) mass is 575 g/mol. The first-order valence-electron chi connectivity index (χ1n) is 12.6. The van der Waals surface area contributed by atoms with Crippen molar-refractivity contribution < 1.29 is 36.6 Å². The number of fused-ring (bicyclic) bond motifs is 2. The van der Waals surface area contributed by atoms with E-state index in [0.29, 0.717) is 21.5 Å². The maximum atomic E-state index is 13.5. The lowest BCUT2D eigenvalue weighted by molar-refractivity contribution is -0.141. The van der Waals surface area contributed by atoms with Crippen LogP contribution >= 0.6 is 0 Å². The SMILES string of the molecule is Oc1c(-c2cccc(C(F)(F)F)c2)cc2ccccc2c1-c1c(O)c(-c2ccnc(C(F)(F)F)c2)cc2ccccc12. The van der Waals surface area contributed by atoms with Crippen LogP contribution in [0.3, 0.4) is 0 Å². The van der Waals surface area contributed by atoms with Crippen molar-refractivity contribution in [2.45, 2.75) is 12.4 Å². The molecule has 0 aliphatic rings. The summed E-state index contributed by atoms with van der Waals surface area (Å²) in [7, 11) is 0. The van der Waals surface area contributed by atoms with Crippen LogP contribution in [-0.2, 0) is 12.4 Å². The second-order valence-electron chi connectivity index (χ2n) is 9.74. The van der Waals surface area contributed by atoms with Gasteiger partial charge in [0.05, 0.1) is 5.56 Å². The Morgan fingerprint density at radius 3 is 1.57 bits per heavy atom. The van der Waals surface area contributed by atoms with Crippen molar-refractivity contribution in [2.24, 2.45) is 0 Å². The molecule has 9 heteroatoms. The molecular weight excluding hydrogens is 556 g/mol. The van der Waals surface area contributed by atoms with E-state index in [-0.39, 0.29) is 33.4 Å². The fourth-order valence-corrected chi connectivity index (χ4v) is 5.24. The fourth-order valence-electron chi connectivity index (χ4n) is 5.24. The standard InChI is InChI=1S/C33H19F6NO2/c34-32(35,36)22-9-5-8-18(14-22)25-15-19-6-1-3-10-23(19)28(30(25)41)29-24-11-4-2-7-20(24)16-26(31(29)42)21-12-13-40-27(17-21)33(37,38)39/h1-17,41-42H. The van der Waals surface area contributed by atoms with Crippen LogP contribution in [0.25, 0.3) is 54.9 Å². The summed E-state index contributed by atoms with van der Waals surface area (Å²) in [4.78, 5) is 3.41. The molecule has 0 saturated heterocycles. The number of nitrogens with zero attached hydrogens (tertiary/aromatic N) is 1. The van der Waals surface area contributed by atoms with Gasteiger partial charge in [0.15, 0.2) is 0 Å². The van der Waals surface area contributed by atoms with Gasteiger partial charge in [-0.2, -0.15) is 26.3 Å². The van der Waals surface area contributed by atoms with Gasteiger partial charge in [0.1, 0.15) is 17.2 Å². The predicted octanol–water partition coefficient (Wildman–Crippen LogP) is 9.84. The van der Waals surface area contributed by atoms with E-state index in [0.717, 1.165) is 24.4 Å². The predicted molar refractivity (Wildman–Crippen MR) is 149 cm³/mol. The average Bonchev–Trinajstić information content (AvgIpc) is 2.96. The molecule has 5 aromatic carbocycles. The van der Waals surface area contributed by atoms with Crippen LogP contribution in [0.15, 0.2) is 103 Å². The lowest BCUT2D eigenvalue weighted by Crippen LogP contribution is -2.07. The van der Waals surface area contributed by atoms with E-state index in [4.69, 9.17) is 0 Å². The minimum atomic E-state index is -4.72. The van der Waals surface area contributed by atoms with E-state index in [1.54, 1.807) is 60.7 Å². The molecule has 0 fully saturated rings. The van der Waals surface area contributed by atoms with Crippen molar-refractivity contribution in [3.8, 4) is 44.9 Å². The van der Waals surface area contributed by atoms with E-state index in [2.05, 4.69) is 4.98 Å². The summed E-state index contributed by atoms with van der Waals surface area (Å²) in [5.74, 6) is -0.800. The molecule has 6 aromatic rings. The van der Waals surface area contributed by atoms with Gasteiger partial charge < -0.3 is 10.2 Å².